The molecule has 0 aliphatic carbocycles. The first kappa shape index (κ1) is 24.6. The van der Waals surface area contributed by atoms with Crippen molar-refractivity contribution in [1.82, 2.24) is 14.8 Å². The topological polar surface area (TPSA) is 111 Å². The van der Waals surface area contributed by atoms with Crippen LogP contribution in [0.5, 0.6) is 5.75 Å². The fourth-order valence-electron chi connectivity index (χ4n) is 3.64. The average Bonchev–Trinajstić information content (AvgIpc) is 3.31. The first-order valence-corrected chi connectivity index (χ1v) is 12.3. The van der Waals surface area contributed by atoms with Gasteiger partial charge in [-0.2, -0.15) is 0 Å². The van der Waals surface area contributed by atoms with E-state index in [1.807, 2.05) is 11.5 Å². The minimum Gasteiger partial charge on any atom is -0.497 e. The third-order valence-electron chi connectivity index (χ3n) is 5.43. The molecule has 0 radical (unpaired) electrons. The summed E-state index contributed by atoms with van der Waals surface area (Å²) in [4.78, 5) is 27.7. The summed E-state index contributed by atoms with van der Waals surface area (Å²) >= 11 is 1.31. The van der Waals surface area contributed by atoms with E-state index in [0.717, 1.165) is 19.0 Å². The number of nitrogens with zero attached hydrogens (tertiary/aromatic N) is 4. The van der Waals surface area contributed by atoms with Crippen molar-refractivity contribution in [3.63, 3.8) is 0 Å². The van der Waals surface area contributed by atoms with E-state index < -0.39 is 0 Å². The second-order valence-electron chi connectivity index (χ2n) is 7.69. The Morgan fingerprint density at radius 1 is 1.06 bits per heavy atom. The Bertz CT molecular complexity index is 1160. The number of nitrogens with one attached hydrogen (secondary N) is 2. The third-order valence-corrected chi connectivity index (χ3v) is 6.40. The predicted octanol–water partition coefficient (Wildman–Crippen LogP) is 3.13. The van der Waals surface area contributed by atoms with Gasteiger partial charge >= 0.3 is 0 Å². The highest BCUT2D eigenvalue weighted by Crippen LogP contribution is 2.24. The molecule has 184 valence electrons. The van der Waals surface area contributed by atoms with Crippen LogP contribution in [0.2, 0.25) is 0 Å². The first-order valence-electron chi connectivity index (χ1n) is 11.3. The number of thioether (sulfide) groups is 1. The van der Waals surface area contributed by atoms with E-state index in [2.05, 4.69) is 25.7 Å². The molecule has 1 aliphatic heterocycles. The number of aromatic nitrogens is 3. The summed E-state index contributed by atoms with van der Waals surface area (Å²) in [6, 6.07) is 13.9. The van der Waals surface area contributed by atoms with E-state index in [0.29, 0.717) is 47.6 Å². The number of methoxy groups -OCH3 is 1. The predicted molar refractivity (Wildman–Crippen MR) is 135 cm³/mol. The van der Waals surface area contributed by atoms with Gasteiger partial charge in [-0.05, 0) is 43.3 Å². The zero-order valence-electron chi connectivity index (χ0n) is 19.7. The van der Waals surface area contributed by atoms with Crippen molar-refractivity contribution >= 4 is 40.9 Å². The van der Waals surface area contributed by atoms with Crippen molar-refractivity contribution in [2.45, 2.75) is 18.6 Å². The molecule has 0 saturated carbocycles. The minimum atomic E-state index is -0.320. The van der Waals surface area contributed by atoms with Crippen molar-refractivity contribution in [2.75, 3.05) is 54.7 Å². The van der Waals surface area contributed by atoms with Crippen LogP contribution in [0, 0.1) is 0 Å². The molecule has 2 N–H and O–H groups in total. The first-order chi connectivity index (χ1) is 17.1. The average molecular weight is 497 g/mol. The summed E-state index contributed by atoms with van der Waals surface area (Å²) in [6.45, 7) is 5.56. The summed E-state index contributed by atoms with van der Waals surface area (Å²) in [5.74, 6) is 1.07. The zero-order chi connectivity index (χ0) is 24.6. The Labute approximate surface area is 208 Å². The molecule has 0 spiro atoms. The molecule has 0 atom stereocenters. The SMILES string of the molecule is CCn1c(SCC(=O)Nc2ccccc2C(=O)Nc2ccc(OC)cc2)nnc1N1CCOCC1. The van der Waals surface area contributed by atoms with Gasteiger partial charge in [-0.3, -0.25) is 14.2 Å². The molecule has 2 aromatic carbocycles. The maximum Gasteiger partial charge on any atom is 0.257 e. The highest BCUT2D eigenvalue weighted by Gasteiger charge is 2.21. The minimum absolute atomic E-state index is 0.135. The summed E-state index contributed by atoms with van der Waals surface area (Å²) < 4.78 is 12.6. The van der Waals surface area contributed by atoms with E-state index in [4.69, 9.17) is 9.47 Å². The van der Waals surface area contributed by atoms with Crippen LogP contribution in [0.25, 0.3) is 0 Å². The number of anilines is 3. The van der Waals surface area contributed by atoms with Crippen LogP contribution in [0.4, 0.5) is 17.3 Å². The molecule has 35 heavy (non-hydrogen) atoms. The van der Waals surface area contributed by atoms with Crippen LogP contribution >= 0.6 is 11.8 Å². The van der Waals surface area contributed by atoms with E-state index in [9.17, 15) is 9.59 Å². The molecule has 2 amide bonds. The molecule has 2 heterocycles. The Kier molecular flexibility index (Phi) is 8.22. The van der Waals surface area contributed by atoms with E-state index in [1.54, 1.807) is 55.6 Å². The van der Waals surface area contributed by atoms with Gasteiger partial charge in [0.05, 0.1) is 37.3 Å². The molecule has 1 saturated heterocycles. The Morgan fingerprint density at radius 2 is 1.80 bits per heavy atom. The van der Waals surface area contributed by atoms with Crippen LogP contribution in [0.1, 0.15) is 17.3 Å². The molecule has 4 rings (SSSR count). The van der Waals surface area contributed by atoms with Crippen molar-refractivity contribution in [2.24, 2.45) is 0 Å². The number of morpholine rings is 1. The van der Waals surface area contributed by atoms with Crippen LogP contribution < -0.4 is 20.3 Å². The molecule has 1 fully saturated rings. The molecular weight excluding hydrogens is 468 g/mol. The molecule has 10 nitrogen and oxygen atoms in total. The number of amides is 2. The van der Waals surface area contributed by atoms with Gasteiger partial charge in [-0.15, -0.1) is 10.2 Å². The Hall–Kier alpha value is -3.57. The lowest BCUT2D eigenvalue weighted by Crippen LogP contribution is -2.38. The number of rotatable bonds is 9. The van der Waals surface area contributed by atoms with Gasteiger partial charge in [0.1, 0.15) is 5.75 Å². The quantitative estimate of drug-likeness (QED) is 0.435. The van der Waals surface area contributed by atoms with Crippen LogP contribution in [-0.4, -0.2) is 65.7 Å². The summed E-state index contributed by atoms with van der Waals surface area (Å²) in [5.41, 5.74) is 1.44. The maximum absolute atomic E-state index is 12.9. The number of hydrogen-bond acceptors (Lipinski definition) is 8. The van der Waals surface area contributed by atoms with Crippen LogP contribution in [0.3, 0.4) is 0 Å². The molecule has 0 unspecified atom stereocenters. The number of carbonyl (C=O) groups is 2. The number of hydrogen-bond donors (Lipinski definition) is 2. The lowest BCUT2D eigenvalue weighted by molar-refractivity contribution is -0.113. The van der Waals surface area contributed by atoms with Gasteiger partial charge in [0.15, 0.2) is 5.16 Å². The Morgan fingerprint density at radius 3 is 2.51 bits per heavy atom. The molecule has 1 aliphatic rings. The van der Waals surface area contributed by atoms with Gasteiger partial charge in [-0.1, -0.05) is 23.9 Å². The van der Waals surface area contributed by atoms with E-state index in [1.165, 1.54) is 11.8 Å². The lowest BCUT2D eigenvalue weighted by Gasteiger charge is -2.27. The molecule has 3 aromatic rings. The molecule has 11 heteroatoms. The van der Waals surface area contributed by atoms with Gasteiger partial charge in [0, 0.05) is 25.3 Å². The molecule has 1 aromatic heterocycles. The third kappa shape index (κ3) is 6.11. The van der Waals surface area contributed by atoms with Crippen molar-refractivity contribution in [1.29, 1.82) is 0 Å². The smallest absolute Gasteiger partial charge is 0.257 e. The van der Waals surface area contributed by atoms with Gasteiger partial charge in [0.2, 0.25) is 11.9 Å². The molecule has 0 bridgehead atoms. The zero-order valence-corrected chi connectivity index (χ0v) is 20.5. The van der Waals surface area contributed by atoms with Gasteiger partial charge < -0.3 is 25.0 Å². The molecular formula is C24H28N6O4S. The van der Waals surface area contributed by atoms with Crippen molar-refractivity contribution in [3.8, 4) is 5.75 Å². The van der Waals surface area contributed by atoms with Gasteiger partial charge in [0.25, 0.3) is 5.91 Å². The lowest BCUT2D eigenvalue weighted by atomic mass is 10.1. The largest absolute Gasteiger partial charge is 0.497 e. The standard InChI is InChI=1S/C24H28N6O4S/c1-3-30-23(29-12-14-34-15-13-29)27-28-24(30)35-16-21(31)26-20-7-5-4-6-19(20)22(32)25-17-8-10-18(33-2)11-9-17/h4-11H,3,12-16H2,1-2H3,(H,25,32)(H,26,31). The Balaban J connectivity index is 1.38. The normalized spacial score (nSPS) is 13.4. The monoisotopic (exact) mass is 496 g/mol. The fraction of sp³-hybridized carbons (Fsp3) is 0.333. The van der Waals surface area contributed by atoms with Crippen LogP contribution in [-0.2, 0) is 16.1 Å². The second kappa shape index (κ2) is 11.7. The van der Waals surface area contributed by atoms with Crippen molar-refractivity contribution in [3.05, 3.63) is 54.1 Å². The van der Waals surface area contributed by atoms with E-state index >= 15 is 0 Å². The van der Waals surface area contributed by atoms with E-state index in [-0.39, 0.29) is 17.6 Å². The summed E-state index contributed by atoms with van der Waals surface area (Å²) in [7, 11) is 1.58. The number of carbonyl (C=O) groups excluding carboxylic acids is 2. The van der Waals surface area contributed by atoms with Gasteiger partial charge in [-0.25, -0.2) is 0 Å². The fourth-order valence-corrected chi connectivity index (χ4v) is 4.44. The van der Waals surface area contributed by atoms with Crippen LogP contribution in [0.15, 0.2) is 53.7 Å². The maximum atomic E-state index is 12.9. The highest BCUT2D eigenvalue weighted by molar-refractivity contribution is 7.99. The number of para-hydroxylation sites is 1. The number of benzene rings is 2. The summed E-state index contributed by atoms with van der Waals surface area (Å²) in [5, 5.41) is 15.0. The highest BCUT2D eigenvalue weighted by atomic mass is 32.2. The number of ether oxygens (including phenoxy) is 2. The second-order valence-corrected chi connectivity index (χ2v) is 8.63. The van der Waals surface area contributed by atoms with Crippen molar-refractivity contribution < 1.29 is 19.1 Å². The summed E-state index contributed by atoms with van der Waals surface area (Å²) in [6.07, 6.45) is 0.